The molecule has 11 atom stereocenters. The topological polar surface area (TPSA) is 234 Å². The first kappa shape index (κ1) is 59.5. The van der Waals surface area contributed by atoms with Gasteiger partial charge in [0.1, 0.15) is 67.2 Å². The summed E-state index contributed by atoms with van der Waals surface area (Å²) in [6.07, 6.45) is 17.7. The number of aromatic amines is 1. The zero-order valence-electron chi connectivity index (χ0n) is 57.9. The summed E-state index contributed by atoms with van der Waals surface area (Å²) in [5, 5.41) is 38.1. The monoisotopic (exact) mass is 1320 g/mol. The zero-order chi connectivity index (χ0) is 68.3. The molecule has 20 heteroatoms. The minimum absolute atomic E-state index is 0.0564. The van der Waals surface area contributed by atoms with Crippen molar-refractivity contribution in [2.75, 3.05) is 26.2 Å². The molecule has 5 aromatic rings. The van der Waals surface area contributed by atoms with Crippen LogP contribution in [0, 0.1) is 28.4 Å². The van der Waals surface area contributed by atoms with E-state index in [1.807, 2.05) is 116 Å². The van der Waals surface area contributed by atoms with Crippen LogP contribution in [0.2, 0.25) is 0 Å². The van der Waals surface area contributed by atoms with E-state index in [1.165, 1.54) is 10.4 Å². The van der Waals surface area contributed by atoms with Crippen molar-refractivity contribution in [2.45, 2.75) is 220 Å². The molecule has 7 unspecified atom stereocenters. The van der Waals surface area contributed by atoms with Crippen molar-refractivity contribution in [2.24, 2.45) is 23.2 Å². The normalized spacial score (nSPS) is 36.8. The fourth-order valence-electron chi connectivity index (χ4n) is 24.5. The molecule has 15 aliphatic heterocycles. The predicted molar refractivity (Wildman–Crippen MR) is 364 cm³/mol. The van der Waals surface area contributed by atoms with Gasteiger partial charge >= 0.3 is 0 Å². The number of hydrogen-bond donors (Lipinski definition) is 4. The van der Waals surface area contributed by atoms with Crippen LogP contribution in [0.3, 0.4) is 0 Å². The number of piperazine rings is 2. The number of aromatic nitrogens is 2. The number of H-pyrrole nitrogens is 1. The number of piperidine rings is 5. The van der Waals surface area contributed by atoms with Crippen molar-refractivity contribution in [3.63, 3.8) is 0 Å². The van der Waals surface area contributed by atoms with Crippen LogP contribution in [0.5, 0.6) is 17.2 Å². The average molecular weight is 1320 g/mol. The van der Waals surface area contributed by atoms with Crippen LogP contribution in [0.1, 0.15) is 192 Å². The third kappa shape index (κ3) is 6.25. The molecule has 5 spiro atoms. The van der Waals surface area contributed by atoms with E-state index in [1.54, 1.807) is 0 Å². The zero-order valence-corrected chi connectivity index (χ0v) is 57.9. The quantitative estimate of drug-likeness (QED) is 0.0701. The molecule has 2 aromatic heterocycles. The van der Waals surface area contributed by atoms with E-state index in [-0.39, 0.29) is 58.8 Å². The Labute approximate surface area is 568 Å². The summed E-state index contributed by atoms with van der Waals surface area (Å²) in [4.78, 5) is 103. The van der Waals surface area contributed by atoms with Gasteiger partial charge in [-0.1, -0.05) is 27.7 Å². The maximum absolute atomic E-state index is 16.8. The van der Waals surface area contributed by atoms with Gasteiger partial charge in [0.25, 0.3) is 5.91 Å². The molecule has 11 saturated heterocycles. The van der Waals surface area contributed by atoms with Gasteiger partial charge in [-0.05, 0) is 191 Å². The highest BCUT2D eigenvalue weighted by Crippen LogP contribution is 2.80. The number of benzene rings is 3. The predicted octanol–water partition coefficient (Wildman–Crippen LogP) is 9.47. The fraction of sp³-hybridized carbons (Fsp3) is 0.551. The minimum atomic E-state index is -1.75. The van der Waals surface area contributed by atoms with Crippen LogP contribution < -0.4 is 24.8 Å². The molecule has 508 valence electrons. The Morgan fingerprint density at radius 2 is 1.24 bits per heavy atom. The number of fused-ring (bicyclic) bond motifs is 17. The lowest BCUT2D eigenvalue weighted by Gasteiger charge is -2.68. The van der Waals surface area contributed by atoms with Crippen LogP contribution in [0.15, 0.2) is 54.6 Å². The van der Waals surface area contributed by atoms with Gasteiger partial charge in [-0.2, -0.15) is 9.47 Å². The van der Waals surface area contributed by atoms with E-state index in [2.05, 4.69) is 75.4 Å². The second-order valence-electron chi connectivity index (χ2n) is 35.3. The van der Waals surface area contributed by atoms with E-state index < -0.39 is 78.9 Å². The maximum atomic E-state index is 16.8. The molecule has 17 heterocycles. The van der Waals surface area contributed by atoms with E-state index in [0.717, 1.165) is 58.2 Å². The Kier molecular flexibility index (Phi) is 10.5. The Hall–Kier alpha value is -8.55. The van der Waals surface area contributed by atoms with Crippen molar-refractivity contribution >= 4 is 86.9 Å². The molecule has 3 aromatic carbocycles. The SMILES string of the molecule is CC1(C)C=Cc2c(ccc3c2[N+]([O-])=C2C(C)(C)[C@@H]4CCC(=O)NC4(C(=O)N4CCC4)[C@H]4N5C(=O)C67CCCN6C(=O)C56[C@H](c5c(n(O)c8c9c(ccc58)OC(C)(C)C=C9)C(C)(C)[C@@H]6C7)C234)O1.CC1(C)C=Cc2c(ccc3c4c([nH]c23)C(C)(C)C2CC35CCCN3C(=O)C2(C4)NC5=O)O1. The Balaban J connectivity index is 0.000000170. The number of rotatable bonds is 1. The smallest absolute Gasteiger partial charge is 0.250 e. The van der Waals surface area contributed by atoms with Crippen LogP contribution >= 0.6 is 0 Å². The number of amides is 6. The lowest BCUT2D eigenvalue weighted by Crippen LogP contribution is -2.88. The standard InChI is InChI=1S/C52H56N6O8.C26H29N3O3/c1-45(2)20-17-26-30(65-45)13-11-28-35-38-50-29-12-14-31-27(18-21-46(3,4)66-31)37(29)58(64)40(50)48(7,8)32-15-16-34(59)53-51(32,43(61)54-22-10-23-54)41(50)56-42(60)49-19-9-24-55(49)44(62)52(38,56)33(25-49)47(5,6)39(35)57(63)36(26)28;1-23(2)10-8-15-17(32-23)7-6-14-16-12-26-18(24(3,4)20(16)27-19(14)15)13-25(21(30)28-26)9-5-11-29(25)22(26)31/h11-14,17-18,20-21,32-33,38,41,63H,9-10,15-16,19,22-25H2,1-8H3,(H,53,59);6-8,10,18,27H,5,9,11-13H2,1-4H3,(H,28,30)/t32-,33-,38+,41-,49?,50?,51?,52?;/m0./s1. The molecule has 98 heavy (non-hydrogen) atoms. The number of carbonyl (C=O) groups is 6. The van der Waals surface area contributed by atoms with E-state index in [4.69, 9.17) is 14.2 Å². The molecule has 18 aliphatic rings. The van der Waals surface area contributed by atoms with E-state index in [0.29, 0.717) is 120 Å². The molecule has 3 aliphatic carbocycles. The van der Waals surface area contributed by atoms with Crippen LogP contribution in [0.25, 0.3) is 40.0 Å². The van der Waals surface area contributed by atoms with Crippen molar-refractivity contribution in [3.8, 4) is 17.2 Å². The van der Waals surface area contributed by atoms with E-state index >= 15 is 19.6 Å². The van der Waals surface area contributed by atoms with Gasteiger partial charge in [-0.15, -0.1) is 0 Å². The van der Waals surface area contributed by atoms with Gasteiger partial charge in [0, 0.05) is 107 Å². The van der Waals surface area contributed by atoms with Crippen LogP contribution in [-0.2, 0) is 51.4 Å². The van der Waals surface area contributed by atoms with Gasteiger partial charge in [0.2, 0.25) is 35.2 Å². The first-order valence-electron chi connectivity index (χ1n) is 35.9. The third-order valence-electron chi connectivity index (χ3n) is 28.2. The van der Waals surface area contributed by atoms with Crippen LogP contribution in [0.4, 0.5) is 5.69 Å². The Morgan fingerprint density at radius 1 is 0.643 bits per heavy atom. The fourth-order valence-corrected chi connectivity index (χ4v) is 24.5. The summed E-state index contributed by atoms with van der Waals surface area (Å²) in [7, 11) is 0. The number of nitrogens with one attached hydrogen (secondary N) is 3. The number of hydrogen-bond acceptors (Lipinski definition) is 11. The van der Waals surface area contributed by atoms with Gasteiger partial charge in [0.15, 0.2) is 5.71 Å². The lowest BCUT2D eigenvalue weighted by atomic mass is 9.40. The second-order valence-corrected chi connectivity index (χ2v) is 35.3. The third-order valence-corrected chi connectivity index (χ3v) is 28.2. The second kappa shape index (κ2) is 17.4. The van der Waals surface area contributed by atoms with Crippen LogP contribution in [-0.4, -0.2) is 157 Å². The van der Waals surface area contributed by atoms with Gasteiger partial charge in [-0.3, -0.25) is 28.8 Å². The summed E-state index contributed by atoms with van der Waals surface area (Å²) in [6.45, 7) is 26.8. The van der Waals surface area contributed by atoms with Gasteiger partial charge in [-0.25, -0.2) is 0 Å². The van der Waals surface area contributed by atoms with E-state index in [9.17, 15) is 19.6 Å². The molecular formula is C78H85N9O11. The minimum Gasteiger partial charge on any atom is -0.618 e. The van der Waals surface area contributed by atoms with Crippen molar-refractivity contribution in [1.29, 1.82) is 0 Å². The maximum Gasteiger partial charge on any atom is 0.250 e. The van der Waals surface area contributed by atoms with Gasteiger partial charge in [0.05, 0.1) is 33.7 Å². The molecule has 4 bridgehead atoms. The Bertz CT molecular complexity index is 4880. The summed E-state index contributed by atoms with van der Waals surface area (Å²) in [5.74, 6) is -0.935. The number of carbonyl (C=O) groups excluding carboxylic acids is 6. The molecule has 12 fully saturated rings. The highest BCUT2D eigenvalue weighted by molar-refractivity contribution is 6.17. The molecule has 20 nitrogen and oxygen atoms in total. The molecular weight excluding hydrogens is 1240 g/mol. The summed E-state index contributed by atoms with van der Waals surface area (Å²) in [5.41, 5.74) is -2.70. The largest absolute Gasteiger partial charge is 0.618 e. The molecule has 1 saturated carbocycles. The highest BCUT2D eigenvalue weighted by atomic mass is 16.5. The van der Waals surface area contributed by atoms with Crippen molar-refractivity contribution in [1.82, 2.24) is 39.9 Å². The van der Waals surface area contributed by atoms with Gasteiger partial charge < -0.3 is 59.8 Å². The Morgan fingerprint density at radius 3 is 1.92 bits per heavy atom. The van der Waals surface area contributed by atoms with Crippen molar-refractivity contribution < 1.29 is 52.9 Å². The molecule has 23 rings (SSSR count). The summed E-state index contributed by atoms with van der Waals surface area (Å²) in [6, 6.07) is 10.7. The molecule has 6 amide bonds. The first-order chi connectivity index (χ1) is 46.2. The average Bonchev–Trinajstić information content (AvgIpc) is 1.42. The highest BCUT2D eigenvalue weighted by Gasteiger charge is 2.94. The molecule has 4 N–H and O–H groups in total. The number of ether oxygens (including phenoxy) is 3. The number of nitrogens with zero attached hydrogens (tertiary/aromatic N) is 6. The first-order valence-corrected chi connectivity index (χ1v) is 35.9. The number of likely N-dealkylation sites (tertiary alicyclic amines) is 1. The lowest BCUT2D eigenvalue weighted by molar-refractivity contribution is -0.366. The molecule has 0 radical (unpaired) electrons. The summed E-state index contributed by atoms with van der Waals surface area (Å²) >= 11 is 0. The summed E-state index contributed by atoms with van der Waals surface area (Å²) < 4.78 is 21.7. The van der Waals surface area contributed by atoms with Crippen molar-refractivity contribution in [3.05, 3.63) is 105 Å².